The number of anilines is 1. The standard InChI is InChI=1S/C22H26ClN3S.ClH/c1-14(2)11-21-26-19-12-15(3-6-20(19)27-21)13-25-22-17-8-10-24-9-7-16(17)4-5-18(22)23;/h3-6,12,14,24-25H,7-11,13H2,1-2H3;1H. The highest BCUT2D eigenvalue weighted by molar-refractivity contribution is 7.18. The summed E-state index contributed by atoms with van der Waals surface area (Å²) in [7, 11) is 0. The molecule has 1 aliphatic rings. The van der Waals surface area contributed by atoms with E-state index in [0.29, 0.717) is 5.92 Å². The van der Waals surface area contributed by atoms with Crippen LogP contribution in [0.1, 0.15) is 35.5 Å². The Morgan fingerprint density at radius 2 is 2.00 bits per heavy atom. The zero-order chi connectivity index (χ0) is 18.8. The first-order chi connectivity index (χ1) is 13.1. The van der Waals surface area contributed by atoms with Crippen LogP contribution in [-0.2, 0) is 25.8 Å². The summed E-state index contributed by atoms with van der Waals surface area (Å²) in [6, 6.07) is 10.8. The quantitative estimate of drug-likeness (QED) is 0.525. The average Bonchev–Trinajstić information content (AvgIpc) is 2.86. The maximum Gasteiger partial charge on any atom is 0.0941 e. The second-order valence-corrected chi connectivity index (χ2v) is 9.19. The molecule has 0 unspecified atom stereocenters. The van der Waals surface area contributed by atoms with E-state index < -0.39 is 0 Å². The van der Waals surface area contributed by atoms with Gasteiger partial charge in [-0.25, -0.2) is 4.98 Å². The van der Waals surface area contributed by atoms with Crippen LogP contribution in [0.15, 0.2) is 30.3 Å². The van der Waals surface area contributed by atoms with Crippen LogP contribution >= 0.6 is 35.3 Å². The lowest BCUT2D eigenvalue weighted by molar-refractivity contribution is 0.645. The Morgan fingerprint density at radius 1 is 1.18 bits per heavy atom. The van der Waals surface area contributed by atoms with Crippen LogP contribution in [-0.4, -0.2) is 18.1 Å². The largest absolute Gasteiger partial charge is 0.380 e. The first kappa shape index (κ1) is 21.4. The Labute approximate surface area is 182 Å². The second kappa shape index (κ2) is 9.45. The highest BCUT2D eigenvalue weighted by Crippen LogP contribution is 2.31. The maximum absolute atomic E-state index is 6.53. The first-order valence-corrected chi connectivity index (χ1v) is 10.9. The molecule has 0 aliphatic carbocycles. The molecule has 2 N–H and O–H groups in total. The minimum Gasteiger partial charge on any atom is -0.380 e. The van der Waals surface area contributed by atoms with Gasteiger partial charge in [0.25, 0.3) is 0 Å². The smallest absolute Gasteiger partial charge is 0.0941 e. The van der Waals surface area contributed by atoms with Crippen molar-refractivity contribution < 1.29 is 0 Å². The van der Waals surface area contributed by atoms with Crippen molar-refractivity contribution in [3.63, 3.8) is 0 Å². The molecule has 0 bridgehead atoms. The van der Waals surface area contributed by atoms with Gasteiger partial charge < -0.3 is 10.6 Å². The van der Waals surface area contributed by atoms with Crippen molar-refractivity contribution in [2.75, 3.05) is 18.4 Å². The van der Waals surface area contributed by atoms with Crippen LogP contribution < -0.4 is 10.6 Å². The van der Waals surface area contributed by atoms with Gasteiger partial charge in [0.2, 0.25) is 0 Å². The molecule has 0 saturated carbocycles. The Morgan fingerprint density at radius 3 is 2.82 bits per heavy atom. The zero-order valence-electron chi connectivity index (χ0n) is 16.3. The van der Waals surface area contributed by atoms with Crippen LogP contribution in [0.2, 0.25) is 5.02 Å². The van der Waals surface area contributed by atoms with E-state index in [-0.39, 0.29) is 12.4 Å². The van der Waals surface area contributed by atoms with Crippen molar-refractivity contribution in [2.24, 2.45) is 5.92 Å². The Balaban J connectivity index is 0.00000225. The van der Waals surface area contributed by atoms with E-state index >= 15 is 0 Å². The molecule has 0 atom stereocenters. The van der Waals surface area contributed by atoms with Crippen molar-refractivity contribution in [3.05, 3.63) is 57.1 Å². The Bertz CT molecular complexity index is 952. The number of halogens is 2. The van der Waals surface area contributed by atoms with Crippen molar-refractivity contribution in [3.8, 4) is 0 Å². The second-order valence-electron chi connectivity index (χ2n) is 7.67. The molecule has 1 aromatic heterocycles. The van der Waals surface area contributed by atoms with E-state index in [2.05, 4.69) is 48.7 Å². The summed E-state index contributed by atoms with van der Waals surface area (Å²) in [6.45, 7) is 7.28. The van der Waals surface area contributed by atoms with Crippen molar-refractivity contribution in [2.45, 2.75) is 39.7 Å². The van der Waals surface area contributed by atoms with Gasteiger partial charge in [0, 0.05) is 13.0 Å². The van der Waals surface area contributed by atoms with Crippen LogP contribution in [0, 0.1) is 5.92 Å². The van der Waals surface area contributed by atoms with Gasteiger partial charge in [-0.3, -0.25) is 0 Å². The summed E-state index contributed by atoms with van der Waals surface area (Å²) >= 11 is 8.35. The number of hydrogen-bond acceptors (Lipinski definition) is 4. The molecule has 150 valence electrons. The summed E-state index contributed by atoms with van der Waals surface area (Å²) in [6.07, 6.45) is 3.12. The van der Waals surface area contributed by atoms with Crippen LogP contribution in [0.25, 0.3) is 10.2 Å². The van der Waals surface area contributed by atoms with Crippen LogP contribution in [0.4, 0.5) is 5.69 Å². The first-order valence-electron chi connectivity index (χ1n) is 9.73. The van der Waals surface area contributed by atoms with Crippen molar-refractivity contribution >= 4 is 51.2 Å². The third-order valence-corrected chi connectivity index (χ3v) is 6.40. The van der Waals surface area contributed by atoms with Gasteiger partial charge in [-0.05, 0) is 66.7 Å². The summed E-state index contributed by atoms with van der Waals surface area (Å²) in [4.78, 5) is 4.83. The van der Waals surface area contributed by atoms with Gasteiger partial charge in [-0.1, -0.05) is 37.6 Å². The summed E-state index contributed by atoms with van der Waals surface area (Å²) in [5.74, 6) is 0.636. The molecule has 1 aliphatic heterocycles. The number of nitrogens with one attached hydrogen (secondary N) is 2. The fraction of sp³-hybridized carbons (Fsp3) is 0.409. The Hall–Kier alpha value is -1.33. The van der Waals surface area contributed by atoms with E-state index in [1.165, 1.54) is 26.4 Å². The highest BCUT2D eigenvalue weighted by Gasteiger charge is 2.15. The molecule has 28 heavy (non-hydrogen) atoms. The third-order valence-electron chi connectivity index (χ3n) is 5.03. The van der Waals surface area contributed by atoms with E-state index in [0.717, 1.165) is 55.1 Å². The number of rotatable bonds is 5. The fourth-order valence-corrected chi connectivity index (χ4v) is 5.10. The molecule has 0 saturated heterocycles. The van der Waals surface area contributed by atoms with Crippen LogP contribution in [0.5, 0.6) is 0 Å². The van der Waals surface area contributed by atoms with Gasteiger partial charge in [0.15, 0.2) is 0 Å². The van der Waals surface area contributed by atoms with Gasteiger partial charge in [-0.15, -0.1) is 23.7 Å². The van der Waals surface area contributed by atoms with Crippen molar-refractivity contribution in [1.29, 1.82) is 0 Å². The predicted molar refractivity (Wildman–Crippen MR) is 124 cm³/mol. The minimum absolute atomic E-state index is 0. The number of fused-ring (bicyclic) bond motifs is 2. The summed E-state index contributed by atoms with van der Waals surface area (Å²) in [5, 5.41) is 9.12. The summed E-state index contributed by atoms with van der Waals surface area (Å²) in [5.41, 5.74) is 6.21. The molecular weight excluding hydrogens is 409 g/mol. The van der Waals surface area contributed by atoms with E-state index in [4.69, 9.17) is 16.6 Å². The molecule has 0 fully saturated rings. The minimum atomic E-state index is 0. The molecule has 3 nitrogen and oxygen atoms in total. The molecule has 0 radical (unpaired) electrons. The lowest BCUT2D eigenvalue weighted by atomic mass is 10.0. The molecule has 6 heteroatoms. The van der Waals surface area contributed by atoms with Gasteiger partial charge in [-0.2, -0.15) is 0 Å². The van der Waals surface area contributed by atoms with Gasteiger partial charge >= 0.3 is 0 Å². The third kappa shape index (κ3) is 4.80. The zero-order valence-corrected chi connectivity index (χ0v) is 18.7. The average molecular weight is 436 g/mol. The van der Waals surface area contributed by atoms with Gasteiger partial charge in [0.1, 0.15) is 0 Å². The maximum atomic E-state index is 6.53. The number of nitrogens with zero attached hydrogens (tertiary/aromatic N) is 1. The summed E-state index contributed by atoms with van der Waals surface area (Å²) < 4.78 is 1.27. The SMILES string of the molecule is CC(C)Cc1nc2cc(CNc3c(Cl)ccc4c3CCNCC4)ccc2s1.Cl. The van der Waals surface area contributed by atoms with Gasteiger partial charge in [0.05, 0.1) is 25.9 Å². The molecule has 2 heterocycles. The molecule has 2 aromatic carbocycles. The number of thiazole rings is 1. The normalized spacial score (nSPS) is 13.9. The molecule has 4 rings (SSSR count). The van der Waals surface area contributed by atoms with Crippen molar-refractivity contribution in [1.82, 2.24) is 10.3 Å². The number of benzene rings is 2. The lowest BCUT2D eigenvalue weighted by Gasteiger charge is -2.16. The predicted octanol–water partition coefficient (Wildman–Crippen LogP) is 5.87. The van der Waals surface area contributed by atoms with E-state index in [9.17, 15) is 0 Å². The topological polar surface area (TPSA) is 37.0 Å². The van der Waals surface area contributed by atoms with Crippen LogP contribution in [0.3, 0.4) is 0 Å². The molecular formula is C22H27Cl2N3S. The van der Waals surface area contributed by atoms with E-state index in [1.54, 1.807) is 0 Å². The van der Waals surface area contributed by atoms with E-state index in [1.807, 2.05) is 17.4 Å². The molecule has 0 spiro atoms. The molecule has 0 amide bonds. The highest BCUT2D eigenvalue weighted by atomic mass is 35.5. The Kier molecular flexibility index (Phi) is 7.21. The lowest BCUT2D eigenvalue weighted by Crippen LogP contribution is -2.16. The number of aromatic nitrogens is 1. The fourth-order valence-electron chi connectivity index (χ4n) is 3.69. The monoisotopic (exact) mass is 435 g/mol. The number of hydrogen-bond donors (Lipinski definition) is 2. The molecule has 3 aromatic rings.